The Bertz CT molecular complexity index is 1530. The number of fused-ring (bicyclic) bond motifs is 3. The number of methoxy groups -OCH3 is 3. The number of likely N-dealkylation sites (N-methyl/N-ethyl adjacent to an activating group) is 1. The van der Waals surface area contributed by atoms with Crippen molar-refractivity contribution in [2.75, 3.05) is 48.5 Å². The second-order valence-corrected chi connectivity index (χ2v) is 11.3. The average molecular weight is 587 g/mol. The van der Waals surface area contributed by atoms with Gasteiger partial charge in [-0.2, -0.15) is 0 Å². The number of hydrogen-bond acceptors (Lipinski definition) is 8. The highest BCUT2D eigenvalue weighted by atomic mass is 32.2. The number of hydrogen-bond donors (Lipinski definition) is 0. The molecule has 2 atom stereocenters. The van der Waals surface area contributed by atoms with Crippen LogP contribution in [-0.2, 0) is 9.53 Å². The molecule has 42 heavy (non-hydrogen) atoms. The largest absolute Gasteiger partial charge is 0.497 e. The Labute approximate surface area is 250 Å². The van der Waals surface area contributed by atoms with Crippen molar-refractivity contribution < 1.29 is 28.5 Å². The van der Waals surface area contributed by atoms with E-state index in [2.05, 4.69) is 24.3 Å². The lowest BCUT2D eigenvalue weighted by Crippen LogP contribution is -2.46. The monoisotopic (exact) mass is 586 g/mol. The third-order valence-electron chi connectivity index (χ3n) is 7.31. The molecule has 5 rings (SSSR count). The molecule has 2 unspecified atom stereocenters. The number of esters is 1. The van der Waals surface area contributed by atoms with Crippen molar-refractivity contribution in [3.8, 4) is 17.2 Å². The third-order valence-corrected chi connectivity index (χ3v) is 8.75. The smallest absolute Gasteiger partial charge is 0.343 e. The first-order valence-corrected chi connectivity index (χ1v) is 14.4. The van der Waals surface area contributed by atoms with Crippen molar-refractivity contribution in [2.45, 2.75) is 11.3 Å². The fraction of sp³-hybridized carbons (Fsp3) is 0.273. The van der Waals surface area contributed by atoms with Gasteiger partial charge in [-0.1, -0.05) is 48.6 Å². The number of carbonyl (C=O) groups excluding carboxylic acids is 2. The van der Waals surface area contributed by atoms with E-state index in [1.165, 1.54) is 26.0 Å². The van der Waals surface area contributed by atoms with Crippen LogP contribution in [0.2, 0.25) is 0 Å². The summed E-state index contributed by atoms with van der Waals surface area (Å²) in [6.07, 6.45) is 4.15. The zero-order valence-corrected chi connectivity index (χ0v) is 25.1. The number of ether oxygens (including phenoxy) is 4. The second-order valence-electron chi connectivity index (χ2n) is 10.2. The first-order chi connectivity index (χ1) is 20.3. The maximum absolute atomic E-state index is 14.5. The molecule has 0 saturated carbocycles. The van der Waals surface area contributed by atoms with Gasteiger partial charge in [-0.25, -0.2) is 4.79 Å². The molecule has 1 aliphatic carbocycles. The van der Waals surface area contributed by atoms with Crippen molar-refractivity contribution in [3.05, 3.63) is 101 Å². The van der Waals surface area contributed by atoms with Crippen molar-refractivity contribution in [1.29, 1.82) is 0 Å². The minimum absolute atomic E-state index is 0.0102. The first kappa shape index (κ1) is 29.3. The van der Waals surface area contributed by atoms with Gasteiger partial charge in [-0.15, -0.1) is 11.8 Å². The molecule has 3 aromatic carbocycles. The Kier molecular flexibility index (Phi) is 8.89. The average Bonchev–Trinajstić information content (AvgIpc) is 3.13. The summed E-state index contributed by atoms with van der Waals surface area (Å²) in [4.78, 5) is 32.5. The number of benzene rings is 3. The predicted molar refractivity (Wildman–Crippen MR) is 165 cm³/mol. The lowest BCUT2D eigenvalue weighted by atomic mass is 9.92. The molecule has 8 nitrogen and oxygen atoms in total. The lowest BCUT2D eigenvalue weighted by Gasteiger charge is -2.36. The molecule has 1 aliphatic heterocycles. The van der Waals surface area contributed by atoms with Gasteiger partial charge in [0.1, 0.15) is 5.75 Å². The quantitative estimate of drug-likeness (QED) is 0.304. The molecule has 0 N–H and O–H groups in total. The molecule has 1 heterocycles. The first-order valence-electron chi connectivity index (χ1n) is 13.6. The number of thioether (sulfide) groups is 1. The maximum Gasteiger partial charge on any atom is 0.343 e. The van der Waals surface area contributed by atoms with Crippen LogP contribution >= 0.6 is 11.8 Å². The van der Waals surface area contributed by atoms with Crippen LogP contribution in [0.25, 0.3) is 11.0 Å². The Hall–Kier alpha value is -4.21. The van der Waals surface area contributed by atoms with Gasteiger partial charge in [0.2, 0.25) is 5.76 Å². The number of carbonyl (C=O) groups is 2. The van der Waals surface area contributed by atoms with Crippen molar-refractivity contribution in [2.24, 2.45) is 0 Å². The predicted octanol–water partition coefficient (Wildman–Crippen LogP) is 5.51. The minimum Gasteiger partial charge on any atom is -0.497 e. The SMILES string of the molecule is COc1ccc(C2=C(OC(=O)c3ccc(OC)c(OC)c3)C(=O)N(CCN(C)C)C3C=Cc4ccccc4C3S2)cc1. The number of nitrogens with zero attached hydrogens (tertiary/aromatic N) is 2. The summed E-state index contributed by atoms with van der Waals surface area (Å²) in [7, 11) is 8.57. The van der Waals surface area contributed by atoms with Crippen LogP contribution in [0.1, 0.15) is 32.3 Å². The zero-order valence-electron chi connectivity index (χ0n) is 24.3. The number of rotatable bonds is 9. The standard InChI is InChI=1S/C33H34N2O6S/c1-34(2)18-19-35-26-16-12-21-8-6-7-9-25(21)31(26)42-30(22-10-14-24(38-3)15-11-22)29(32(35)36)41-33(37)23-13-17-27(39-4)28(20-23)40-5/h6-17,20,26,31H,18-19H2,1-5H3. The van der Waals surface area contributed by atoms with E-state index in [0.29, 0.717) is 35.2 Å². The van der Waals surface area contributed by atoms with E-state index < -0.39 is 5.97 Å². The van der Waals surface area contributed by atoms with E-state index in [9.17, 15) is 9.59 Å². The zero-order chi connectivity index (χ0) is 29.8. The molecule has 0 aromatic heterocycles. The molecule has 0 bridgehead atoms. The molecule has 9 heteroatoms. The van der Waals surface area contributed by atoms with Gasteiger partial charge in [0.05, 0.1) is 43.1 Å². The number of amides is 1. The van der Waals surface area contributed by atoms with Crippen LogP contribution < -0.4 is 14.2 Å². The summed E-state index contributed by atoms with van der Waals surface area (Å²) < 4.78 is 22.1. The highest BCUT2D eigenvalue weighted by Crippen LogP contribution is 2.51. The van der Waals surface area contributed by atoms with E-state index >= 15 is 0 Å². The Balaban J connectivity index is 1.65. The van der Waals surface area contributed by atoms with E-state index in [-0.39, 0.29) is 28.5 Å². The van der Waals surface area contributed by atoms with Gasteiger partial charge in [0.25, 0.3) is 5.91 Å². The van der Waals surface area contributed by atoms with Gasteiger partial charge >= 0.3 is 5.97 Å². The second kappa shape index (κ2) is 12.8. The molecule has 0 saturated heterocycles. The van der Waals surface area contributed by atoms with Gasteiger partial charge in [0.15, 0.2) is 11.5 Å². The summed E-state index contributed by atoms with van der Waals surface area (Å²) in [5.74, 6) is 0.532. The van der Waals surface area contributed by atoms with Crippen molar-refractivity contribution in [3.63, 3.8) is 0 Å². The summed E-state index contributed by atoms with van der Waals surface area (Å²) in [6, 6.07) is 20.2. The third kappa shape index (κ3) is 5.89. The van der Waals surface area contributed by atoms with Gasteiger partial charge in [-0.3, -0.25) is 4.79 Å². The summed E-state index contributed by atoms with van der Waals surface area (Å²) >= 11 is 1.54. The molecular formula is C33H34N2O6S. The van der Waals surface area contributed by atoms with E-state index in [4.69, 9.17) is 18.9 Å². The lowest BCUT2D eigenvalue weighted by molar-refractivity contribution is -0.131. The van der Waals surface area contributed by atoms with E-state index in [1.807, 2.05) is 60.3 Å². The highest BCUT2D eigenvalue weighted by Gasteiger charge is 2.41. The van der Waals surface area contributed by atoms with Crippen LogP contribution in [0.5, 0.6) is 17.2 Å². The molecule has 1 amide bonds. The minimum atomic E-state index is -0.667. The summed E-state index contributed by atoms with van der Waals surface area (Å²) in [5.41, 5.74) is 3.21. The summed E-state index contributed by atoms with van der Waals surface area (Å²) in [6.45, 7) is 1.09. The molecule has 0 radical (unpaired) electrons. The van der Waals surface area contributed by atoms with Crippen molar-refractivity contribution in [1.82, 2.24) is 9.80 Å². The summed E-state index contributed by atoms with van der Waals surface area (Å²) in [5, 5.41) is -0.119. The molecular weight excluding hydrogens is 552 g/mol. The van der Waals surface area contributed by atoms with E-state index in [1.54, 1.807) is 25.3 Å². The van der Waals surface area contributed by atoms with Crippen LogP contribution in [0.15, 0.2) is 78.6 Å². The molecule has 0 fully saturated rings. The Morgan fingerprint density at radius 3 is 2.36 bits per heavy atom. The van der Waals surface area contributed by atoms with Crippen molar-refractivity contribution >= 4 is 34.6 Å². The molecule has 3 aromatic rings. The molecule has 0 spiro atoms. The fourth-order valence-electron chi connectivity index (χ4n) is 5.06. The maximum atomic E-state index is 14.5. The van der Waals surface area contributed by atoms with Crippen LogP contribution in [-0.4, -0.2) is 76.2 Å². The molecule has 2 aliphatic rings. The normalized spacial score (nSPS) is 17.9. The Morgan fingerprint density at radius 1 is 0.929 bits per heavy atom. The highest BCUT2D eigenvalue weighted by molar-refractivity contribution is 8.08. The van der Waals surface area contributed by atoms with Crippen LogP contribution in [0, 0.1) is 0 Å². The topological polar surface area (TPSA) is 77.5 Å². The fourth-order valence-corrected chi connectivity index (χ4v) is 6.54. The van der Waals surface area contributed by atoms with Gasteiger partial charge in [0, 0.05) is 13.1 Å². The van der Waals surface area contributed by atoms with Gasteiger partial charge in [-0.05, 0) is 61.1 Å². The molecule has 218 valence electrons. The van der Waals surface area contributed by atoms with Gasteiger partial charge < -0.3 is 28.7 Å². The van der Waals surface area contributed by atoms with Crippen LogP contribution in [0.4, 0.5) is 0 Å². The van der Waals surface area contributed by atoms with E-state index in [0.717, 1.165) is 16.7 Å². The van der Waals surface area contributed by atoms with Crippen LogP contribution in [0.3, 0.4) is 0 Å². The Morgan fingerprint density at radius 2 is 1.67 bits per heavy atom.